The Morgan fingerprint density at radius 2 is 1.70 bits per heavy atom. The van der Waals surface area contributed by atoms with E-state index in [9.17, 15) is 19.2 Å². The molecule has 4 aliphatic rings. The van der Waals surface area contributed by atoms with Gasteiger partial charge in [-0.25, -0.2) is 9.59 Å². The SMILES string of the molecule is COc1cc2nn([C@H]3CC[C@H](CN4CCC5(CC4)CCN(c4cccc6c4n(C)c(=O)n6C4CCC(=O)NC4=O)CC5)CC3)cc2cc1NC(=O)OC(C)(C)C. The first kappa shape index (κ1) is 38.0. The number of carbonyl (C=O) groups excluding carboxylic acids is 3. The van der Waals surface area contributed by atoms with Gasteiger partial charge in [0.25, 0.3) is 0 Å². The third-order valence-corrected chi connectivity index (χ3v) is 12.9. The summed E-state index contributed by atoms with van der Waals surface area (Å²) in [7, 11) is 3.37. The summed E-state index contributed by atoms with van der Waals surface area (Å²) in [5, 5.41) is 11.1. The van der Waals surface area contributed by atoms with Gasteiger partial charge in [0.2, 0.25) is 11.8 Å². The van der Waals surface area contributed by atoms with Gasteiger partial charge in [-0.05, 0) is 121 Å². The van der Waals surface area contributed by atoms with Gasteiger partial charge in [0.05, 0.1) is 41.1 Å². The highest BCUT2D eigenvalue weighted by atomic mass is 16.6. The number of ether oxygens (including phenoxy) is 2. The minimum atomic E-state index is -0.683. The molecular weight excluding hydrogens is 713 g/mol. The van der Waals surface area contributed by atoms with Crippen LogP contribution in [0, 0.1) is 11.3 Å². The van der Waals surface area contributed by atoms with Gasteiger partial charge >= 0.3 is 11.8 Å². The van der Waals surface area contributed by atoms with Crippen molar-refractivity contribution in [2.24, 2.45) is 18.4 Å². The molecule has 2 aromatic carbocycles. The Morgan fingerprint density at radius 3 is 2.38 bits per heavy atom. The van der Waals surface area contributed by atoms with E-state index in [0.717, 1.165) is 86.0 Å². The Labute approximate surface area is 327 Å². The van der Waals surface area contributed by atoms with Gasteiger partial charge in [0.1, 0.15) is 17.4 Å². The van der Waals surface area contributed by atoms with E-state index in [4.69, 9.17) is 14.6 Å². The van der Waals surface area contributed by atoms with Crippen molar-refractivity contribution >= 4 is 51.2 Å². The average Bonchev–Trinajstić information content (AvgIpc) is 3.69. The number of carbonyl (C=O) groups is 3. The first-order chi connectivity index (χ1) is 26.8. The van der Waals surface area contributed by atoms with Gasteiger partial charge in [-0.3, -0.25) is 34.0 Å². The number of aromatic nitrogens is 4. The zero-order chi connectivity index (χ0) is 39.4. The molecule has 1 atom stereocenters. The molecule has 0 radical (unpaired) electrons. The highest BCUT2D eigenvalue weighted by molar-refractivity contribution is 6.00. The standard InChI is InChI=1S/C42H56N8O6/c1-41(2,3)56-39(53)43-31-23-28-26-49(45-30(28)24-35(31)55-5)29-11-9-27(10-12-29)25-47-19-15-42(16-20-47)17-21-48(22-18-42)32-7-6-8-33-37(32)46(4)40(54)50(33)34-13-14-36(51)44-38(34)52/h6-8,23-24,26-27,29,34H,9-22,25H2,1-5H3,(H,43,53)(H,44,51,52)/t27-,29-,34?. The average molecular weight is 769 g/mol. The van der Waals surface area contributed by atoms with Gasteiger partial charge in [0, 0.05) is 50.8 Å². The van der Waals surface area contributed by atoms with E-state index in [1.807, 2.05) is 45.0 Å². The minimum absolute atomic E-state index is 0.225. The Kier molecular flexibility index (Phi) is 10.1. The molecule has 1 spiro atoms. The summed E-state index contributed by atoms with van der Waals surface area (Å²) >= 11 is 0. The number of anilines is 2. The number of para-hydroxylation sites is 1. The number of rotatable bonds is 7. The van der Waals surface area contributed by atoms with Crippen LogP contribution in [-0.2, 0) is 21.4 Å². The van der Waals surface area contributed by atoms with Gasteiger partial charge in [0.15, 0.2) is 0 Å². The molecule has 14 nitrogen and oxygen atoms in total. The maximum atomic E-state index is 13.5. The topological polar surface area (TPSA) is 145 Å². The molecule has 4 fully saturated rings. The fourth-order valence-electron chi connectivity index (χ4n) is 9.73. The smallest absolute Gasteiger partial charge is 0.412 e. The molecule has 1 saturated carbocycles. The molecule has 4 aromatic rings. The Hall–Kier alpha value is -4.85. The number of hydrogen-bond acceptors (Lipinski definition) is 9. The maximum Gasteiger partial charge on any atom is 0.412 e. The summed E-state index contributed by atoms with van der Waals surface area (Å²) < 4.78 is 16.4. The lowest BCUT2D eigenvalue weighted by atomic mass is 9.71. The second kappa shape index (κ2) is 14.9. The Bertz CT molecular complexity index is 2190. The van der Waals surface area contributed by atoms with Gasteiger partial charge < -0.3 is 19.3 Å². The van der Waals surface area contributed by atoms with E-state index < -0.39 is 23.6 Å². The second-order valence-corrected chi connectivity index (χ2v) is 17.6. The number of aryl methyl sites for hydroxylation is 1. The zero-order valence-corrected chi connectivity index (χ0v) is 33.4. The van der Waals surface area contributed by atoms with Crippen molar-refractivity contribution in [3.05, 3.63) is 47.0 Å². The van der Waals surface area contributed by atoms with E-state index in [2.05, 4.69) is 37.4 Å². The largest absolute Gasteiger partial charge is 0.494 e. The third-order valence-electron chi connectivity index (χ3n) is 12.9. The number of methoxy groups -OCH3 is 1. The number of nitrogens with one attached hydrogen (secondary N) is 2. The lowest BCUT2D eigenvalue weighted by Crippen LogP contribution is -2.48. The molecule has 8 rings (SSSR count). The lowest BCUT2D eigenvalue weighted by Gasteiger charge is -2.48. The molecule has 300 valence electrons. The summed E-state index contributed by atoms with van der Waals surface area (Å²) in [6, 6.07) is 9.45. The summed E-state index contributed by atoms with van der Waals surface area (Å²) in [5.74, 6) is 0.552. The van der Waals surface area contributed by atoms with Crippen LogP contribution in [0.3, 0.4) is 0 Å². The fourth-order valence-corrected chi connectivity index (χ4v) is 9.73. The minimum Gasteiger partial charge on any atom is -0.494 e. The molecule has 1 aliphatic carbocycles. The fraction of sp³-hybridized carbons (Fsp3) is 0.595. The van der Waals surface area contributed by atoms with Crippen LogP contribution in [0.15, 0.2) is 41.3 Å². The molecule has 2 N–H and O–H groups in total. The van der Waals surface area contributed by atoms with E-state index in [1.54, 1.807) is 23.3 Å². The van der Waals surface area contributed by atoms with Crippen LogP contribution in [0.1, 0.15) is 97.1 Å². The molecule has 5 heterocycles. The van der Waals surface area contributed by atoms with Crippen LogP contribution in [0.4, 0.5) is 16.2 Å². The number of amides is 3. The number of fused-ring (bicyclic) bond motifs is 2. The second-order valence-electron chi connectivity index (χ2n) is 17.6. The third kappa shape index (κ3) is 7.51. The predicted octanol–water partition coefficient (Wildman–Crippen LogP) is 6.14. The van der Waals surface area contributed by atoms with Crippen LogP contribution in [0.25, 0.3) is 21.9 Å². The van der Waals surface area contributed by atoms with Crippen LogP contribution in [-0.4, -0.2) is 87.2 Å². The molecule has 3 aliphatic heterocycles. The van der Waals surface area contributed by atoms with E-state index in [-0.39, 0.29) is 18.0 Å². The first-order valence-corrected chi connectivity index (χ1v) is 20.4. The van der Waals surface area contributed by atoms with Crippen molar-refractivity contribution in [2.45, 2.75) is 103 Å². The van der Waals surface area contributed by atoms with Crippen molar-refractivity contribution in [3.8, 4) is 5.75 Å². The summed E-state index contributed by atoms with van der Waals surface area (Å²) in [5.41, 5.74) is 3.59. The molecule has 14 heteroatoms. The number of imidazole rings is 1. The van der Waals surface area contributed by atoms with Crippen LogP contribution in [0.5, 0.6) is 5.75 Å². The molecule has 2 aromatic heterocycles. The van der Waals surface area contributed by atoms with Crippen molar-refractivity contribution in [2.75, 3.05) is 50.1 Å². The normalized spacial score (nSPS) is 23.4. The van der Waals surface area contributed by atoms with Crippen LogP contribution < -0.4 is 26.0 Å². The van der Waals surface area contributed by atoms with E-state index in [0.29, 0.717) is 35.2 Å². The Morgan fingerprint density at radius 1 is 0.982 bits per heavy atom. The van der Waals surface area contributed by atoms with Crippen molar-refractivity contribution in [1.82, 2.24) is 29.1 Å². The van der Waals surface area contributed by atoms with Gasteiger partial charge in [-0.1, -0.05) is 6.07 Å². The Balaban J connectivity index is 0.837. The van der Waals surface area contributed by atoms with Gasteiger partial charge in [-0.15, -0.1) is 0 Å². The van der Waals surface area contributed by atoms with E-state index in [1.165, 1.54) is 25.7 Å². The number of imide groups is 1. The van der Waals surface area contributed by atoms with Crippen LogP contribution in [0.2, 0.25) is 0 Å². The molecule has 3 amide bonds. The maximum absolute atomic E-state index is 13.5. The van der Waals surface area contributed by atoms with Crippen molar-refractivity contribution in [1.29, 1.82) is 0 Å². The van der Waals surface area contributed by atoms with E-state index >= 15 is 0 Å². The first-order valence-electron chi connectivity index (χ1n) is 20.4. The molecule has 0 bridgehead atoms. The number of piperidine rings is 3. The van der Waals surface area contributed by atoms with Crippen molar-refractivity contribution < 1.29 is 23.9 Å². The summed E-state index contributed by atoms with van der Waals surface area (Å²) in [6.07, 6.45) is 11.4. The quantitative estimate of drug-likeness (QED) is 0.212. The summed E-state index contributed by atoms with van der Waals surface area (Å²) in [6.45, 7) is 10.8. The van der Waals surface area contributed by atoms with Gasteiger partial charge in [-0.2, -0.15) is 5.10 Å². The molecule has 1 unspecified atom stereocenters. The number of nitrogens with zero attached hydrogens (tertiary/aromatic N) is 6. The molecule has 56 heavy (non-hydrogen) atoms. The number of hydrogen-bond donors (Lipinski definition) is 2. The highest BCUT2D eigenvalue weighted by Crippen LogP contribution is 2.44. The molecule has 3 saturated heterocycles. The summed E-state index contributed by atoms with van der Waals surface area (Å²) in [4.78, 5) is 55.6. The molecular formula is C42H56N8O6. The zero-order valence-electron chi connectivity index (χ0n) is 33.4. The van der Waals surface area contributed by atoms with Crippen LogP contribution >= 0.6 is 0 Å². The lowest BCUT2D eigenvalue weighted by molar-refractivity contribution is -0.135. The van der Waals surface area contributed by atoms with Crippen molar-refractivity contribution in [3.63, 3.8) is 0 Å². The number of benzene rings is 2. The highest BCUT2D eigenvalue weighted by Gasteiger charge is 2.39. The number of likely N-dealkylation sites (tertiary alicyclic amines) is 1. The monoisotopic (exact) mass is 768 g/mol. The predicted molar refractivity (Wildman–Crippen MR) is 215 cm³/mol.